The Morgan fingerprint density at radius 3 is 2.45 bits per heavy atom. The molecule has 1 heterocycles. The van der Waals surface area contributed by atoms with Crippen LogP contribution in [0.15, 0.2) is 48.7 Å². The first-order valence-corrected chi connectivity index (χ1v) is 7.25. The lowest BCUT2D eigenvalue weighted by Gasteiger charge is -2.19. The fourth-order valence-corrected chi connectivity index (χ4v) is 2.12. The Labute approximate surface area is 129 Å². The zero-order valence-electron chi connectivity index (χ0n) is 12.7. The van der Waals surface area contributed by atoms with Crippen LogP contribution in [0.25, 0.3) is 0 Å². The fraction of sp³-hybridized carbons (Fsp3) is 0.294. The summed E-state index contributed by atoms with van der Waals surface area (Å²) in [7, 11) is 0. The highest BCUT2D eigenvalue weighted by Crippen LogP contribution is 2.18. The van der Waals surface area contributed by atoms with Gasteiger partial charge in [0.15, 0.2) is 0 Å². The lowest BCUT2D eigenvalue weighted by atomic mass is 10.0. The maximum absolute atomic E-state index is 12.2. The van der Waals surface area contributed by atoms with Crippen molar-refractivity contribution in [2.45, 2.75) is 32.4 Å². The highest BCUT2D eigenvalue weighted by Gasteiger charge is 2.20. The first-order valence-electron chi connectivity index (χ1n) is 7.25. The number of carbonyl (C=O) groups is 2. The van der Waals surface area contributed by atoms with Gasteiger partial charge in [0.05, 0.1) is 18.6 Å². The average molecular weight is 300 g/mol. The molecule has 0 saturated carbocycles. The topological polar surface area (TPSA) is 71.2 Å². The van der Waals surface area contributed by atoms with Crippen molar-refractivity contribution < 1.29 is 14.3 Å². The Morgan fingerprint density at radius 1 is 1.14 bits per heavy atom. The summed E-state index contributed by atoms with van der Waals surface area (Å²) in [6.45, 7) is 3.60. The monoisotopic (exact) mass is 300 g/mol. The van der Waals surface area contributed by atoms with Crippen molar-refractivity contribution in [2.75, 3.05) is 0 Å². The number of ether oxygens (including phenoxy) is 1. The molecular weight excluding hydrogens is 280 g/mol. The normalized spacial score (nSPS) is 12.0. The van der Waals surface area contributed by atoms with Crippen molar-refractivity contribution in [3.63, 3.8) is 0 Å². The van der Waals surface area contributed by atoms with Gasteiger partial charge in [0, 0.05) is 6.20 Å². The summed E-state index contributed by atoms with van der Waals surface area (Å²) in [5.41, 5.74) is 1.32. The smallest absolute Gasteiger partial charge is 0.308 e. The summed E-state index contributed by atoms with van der Waals surface area (Å²) in [5.74, 6) is -0.591. The second-order valence-corrected chi connectivity index (χ2v) is 5.26. The van der Waals surface area contributed by atoms with E-state index >= 15 is 0 Å². The van der Waals surface area contributed by atoms with Crippen LogP contribution in [0.1, 0.15) is 42.4 Å². The predicted molar refractivity (Wildman–Crippen MR) is 83.3 cm³/mol. The van der Waals surface area contributed by atoms with Crippen LogP contribution >= 0.6 is 0 Å². The minimum absolute atomic E-state index is 0.0919. The minimum atomic E-state index is -0.428. The Kier molecular flexibility index (Phi) is 5.36. The van der Waals surface area contributed by atoms with Crippen LogP contribution in [0.5, 0.6) is 0 Å². The van der Waals surface area contributed by atoms with Crippen LogP contribution in [-0.2, 0) is 9.53 Å². The van der Waals surface area contributed by atoms with E-state index in [1.165, 1.54) is 0 Å². The van der Waals surface area contributed by atoms with Gasteiger partial charge >= 0.3 is 5.97 Å². The number of esters is 1. The number of H-pyrrole nitrogens is 1. The van der Waals surface area contributed by atoms with Crippen LogP contribution in [0.3, 0.4) is 0 Å². The molecule has 0 aliphatic rings. The van der Waals surface area contributed by atoms with Crippen molar-refractivity contribution in [1.82, 2.24) is 10.3 Å². The van der Waals surface area contributed by atoms with Gasteiger partial charge in [-0.05, 0) is 31.5 Å². The molecule has 2 rings (SSSR count). The van der Waals surface area contributed by atoms with Crippen LogP contribution in [-0.4, -0.2) is 23.0 Å². The molecule has 116 valence electrons. The van der Waals surface area contributed by atoms with Crippen molar-refractivity contribution in [3.8, 4) is 0 Å². The number of benzene rings is 1. The molecule has 0 saturated heterocycles. The minimum Gasteiger partial charge on any atom is -0.463 e. The molecule has 5 heteroatoms. The second-order valence-electron chi connectivity index (χ2n) is 5.26. The molecule has 1 aromatic heterocycles. The van der Waals surface area contributed by atoms with Crippen LogP contribution in [0.4, 0.5) is 0 Å². The summed E-state index contributed by atoms with van der Waals surface area (Å²) < 4.78 is 5.18. The molecule has 0 radical (unpaired) electrons. The molecule has 0 aliphatic carbocycles. The van der Waals surface area contributed by atoms with Crippen LogP contribution in [0, 0.1) is 0 Å². The number of rotatable bonds is 6. The third-order valence-electron chi connectivity index (χ3n) is 3.09. The standard InChI is InChI=1S/C17H20N2O3/c1-12(2)22-16(20)11-15(13-7-4-3-5-8-13)19-17(21)14-9-6-10-18-14/h3-10,12,15,18H,11H2,1-2H3,(H,19,21). The van der Waals surface area contributed by atoms with Gasteiger partial charge < -0.3 is 15.0 Å². The van der Waals surface area contributed by atoms with E-state index in [2.05, 4.69) is 10.3 Å². The number of hydrogen-bond acceptors (Lipinski definition) is 3. The molecule has 0 fully saturated rings. The number of nitrogens with one attached hydrogen (secondary N) is 2. The third kappa shape index (κ3) is 4.48. The SMILES string of the molecule is CC(C)OC(=O)CC(NC(=O)c1ccc[nH]1)c1ccccc1. The van der Waals surface area contributed by atoms with E-state index in [-0.39, 0.29) is 24.4 Å². The van der Waals surface area contributed by atoms with Crippen molar-refractivity contribution >= 4 is 11.9 Å². The average Bonchev–Trinajstić information content (AvgIpc) is 3.01. The molecule has 0 bridgehead atoms. The molecule has 1 atom stereocenters. The first-order chi connectivity index (χ1) is 10.6. The first kappa shape index (κ1) is 15.8. The molecule has 0 aliphatic heterocycles. The zero-order chi connectivity index (χ0) is 15.9. The lowest BCUT2D eigenvalue weighted by molar-refractivity contribution is -0.147. The summed E-state index contributed by atoms with van der Waals surface area (Å²) in [6, 6.07) is 12.4. The molecule has 0 spiro atoms. The van der Waals surface area contributed by atoms with E-state index in [0.29, 0.717) is 5.69 Å². The largest absolute Gasteiger partial charge is 0.463 e. The van der Waals surface area contributed by atoms with Crippen molar-refractivity contribution in [3.05, 3.63) is 59.9 Å². The number of amides is 1. The van der Waals surface area contributed by atoms with E-state index in [4.69, 9.17) is 4.74 Å². The van der Waals surface area contributed by atoms with Gasteiger partial charge in [0.1, 0.15) is 5.69 Å². The van der Waals surface area contributed by atoms with Gasteiger partial charge in [-0.15, -0.1) is 0 Å². The molecule has 5 nitrogen and oxygen atoms in total. The fourth-order valence-electron chi connectivity index (χ4n) is 2.12. The van der Waals surface area contributed by atoms with Crippen LogP contribution < -0.4 is 5.32 Å². The zero-order valence-corrected chi connectivity index (χ0v) is 12.7. The summed E-state index contributed by atoms with van der Waals surface area (Å²) in [6.07, 6.45) is 1.59. The van der Waals surface area contributed by atoms with Gasteiger partial charge in [-0.25, -0.2) is 0 Å². The molecule has 2 aromatic rings. The quantitative estimate of drug-likeness (QED) is 0.806. The molecule has 1 aromatic carbocycles. The Hall–Kier alpha value is -2.56. The highest BCUT2D eigenvalue weighted by molar-refractivity contribution is 5.92. The number of carbonyl (C=O) groups excluding carboxylic acids is 2. The van der Waals surface area contributed by atoms with E-state index in [1.807, 2.05) is 30.3 Å². The van der Waals surface area contributed by atoms with E-state index in [0.717, 1.165) is 5.56 Å². The third-order valence-corrected chi connectivity index (χ3v) is 3.09. The molecule has 1 unspecified atom stereocenters. The van der Waals surface area contributed by atoms with Gasteiger partial charge in [-0.1, -0.05) is 30.3 Å². The summed E-state index contributed by atoms with van der Waals surface area (Å²) in [5, 5.41) is 2.87. The van der Waals surface area contributed by atoms with Crippen molar-refractivity contribution in [1.29, 1.82) is 0 Å². The Morgan fingerprint density at radius 2 is 1.86 bits per heavy atom. The van der Waals surface area contributed by atoms with E-state index in [1.54, 1.807) is 32.2 Å². The number of aromatic nitrogens is 1. The summed E-state index contributed by atoms with van der Waals surface area (Å²) in [4.78, 5) is 27.0. The lowest BCUT2D eigenvalue weighted by Crippen LogP contribution is -2.31. The Bertz CT molecular complexity index is 606. The molecule has 1 amide bonds. The molecule has 22 heavy (non-hydrogen) atoms. The molecule has 2 N–H and O–H groups in total. The number of aromatic amines is 1. The molecular formula is C17H20N2O3. The van der Waals surface area contributed by atoms with Gasteiger partial charge in [-0.3, -0.25) is 9.59 Å². The van der Waals surface area contributed by atoms with Crippen LogP contribution in [0.2, 0.25) is 0 Å². The van der Waals surface area contributed by atoms with Crippen molar-refractivity contribution in [2.24, 2.45) is 0 Å². The maximum atomic E-state index is 12.2. The van der Waals surface area contributed by atoms with E-state index < -0.39 is 6.04 Å². The highest BCUT2D eigenvalue weighted by atomic mass is 16.5. The van der Waals surface area contributed by atoms with Gasteiger partial charge in [0.2, 0.25) is 0 Å². The van der Waals surface area contributed by atoms with Gasteiger partial charge in [-0.2, -0.15) is 0 Å². The Balaban J connectivity index is 2.11. The maximum Gasteiger partial charge on any atom is 0.308 e. The number of hydrogen-bond donors (Lipinski definition) is 2. The van der Waals surface area contributed by atoms with E-state index in [9.17, 15) is 9.59 Å². The van der Waals surface area contributed by atoms with Gasteiger partial charge in [0.25, 0.3) is 5.91 Å². The second kappa shape index (κ2) is 7.45. The summed E-state index contributed by atoms with van der Waals surface area (Å²) >= 11 is 0. The predicted octanol–water partition coefficient (Wildman–Crippen LogP) is 2.83.